The van der Waals surface area contributed by atoms with Crippen molar-refractivity contribution in [2.45, 2.75) is 32.2 Å². The predicted octanol–water partition coefficient (Wildman–Crippen LogP) is 2.27. The standard InChI is InChI=1S/C11H18ClN3/c1-8(2)15-5-4-9(7-15)11-13-6-10(12)14(11)3/h6,8-9H,4-5,7H2,1-3H3. The molecule has 0 bridgehead atoms. The van der Waals surface area contributed by atoms with Crippen LogP contribution in [0, 0.1) is 0 Å². The summed E-state index contributed by atoms with van der Waals surface area (Å²) in [5.74, 6) is 1.67. The highest BCUT2D eigenvalue weighted by atomic mass is 35.5. The minimum atomic E-state index is 0.546. The SMILES string of the molecule is CC(C)N1CCC(c2ncc(Cl)n2C)C1. The highest BCUT2D eigenvalue weighted by molar-refractivity contribution is 6.29. The molecule has 0 saturated carbocycles. The van der Waals surface area contributed by atoms with Crippen molar-refractivity contribution in [1.82, 2.24) is 14.5 Å². The van der Waals surface area contributed by atoms with E-state index in [2.05, 4.69) is 23.7 Å². The first kappa shape index (κ1) is 11.0. The van der Waals surface area contributed by atoms with Crippen molar-refractivity contribution in [3.8, 4) is 0 Å². The van der Waals surface area contributed by atoms with Crippen LogP contribution in [0.4, 0.5) is 0 Å². The van der Waals surface area contributed by atoms with Crippen LogP contribution in [0.15, 0.2) is 6.20 Å². The van der Waals surface area contributed by atoms with E-state index in [1.54, 1.807) is 6.20 Å². The second kappa shape index (κ2) is 4.14. The summed E-state index contributed by atoms with van der Waals surface area (Å²) in [7, 11) is 1.99. The zero-order valence-electron chi connectivity index (χ0n) is 9.57. The highest BCUT2D eigenvalue weighted by Gasteiger charge is 2.28. The van der Waals surface area contributed by atoms with Crippen LogP contribution >= 0.6 is 11.6 Å². The third kappa shape index (κ3) is 2.04. The van der Waals surface area contributed by atoms with Crippen LogP contribution < -0.4 is 0 Å². The van der Waals surface area contributed by atoms with Crippen LogP contribution in [0.1, 0.15) is 32.0 Å². The lowest BCUT2D eigenvalue weighted by Crippen LogP contribution is -2.28. The predicted molar refractivity (Wildman–Crippen MR) is 62.3 cm³/mol. The van der Waals surface area contributed by atoms with Crippen molar-refractivity contribution < 1.29 is 0 Å². The van der Waals surface area contributed by atoms with Crippen molar-refractivity contribution >= 4 is 11.6 Å². The van der Waals surface area contributed by atoms with E-state index in [4.69, 9.17) is 11.6 Å². The van der Waals surface area contributed by atoms with Gasteiger partial charge >= 0.3 is 0 Å². The van der Waals surface area contributed by atoms with Crippen LogP contribution in [0.5, 0.6) is 0 Å². The average Bonchev–Trinajstić information content (AvgIpc) is 2.76. The number of hydrogen-bond donors (Lipinski definition) is 0. The molecule has 0 aromatic carbocycles. The molecule has 2 rings (SSSR count). The molecule has 1 fully saturated rings. The van der Waals surface area contributed by atoms with Gasteiger partial charge in [0.1, 0.15) is 11.0 Å². The zero-order chi connectivity index (χ0) is 11.0. The van der Waals surface area contributed by atoms with Gasteiger partial charge in [-0.05, 0) is 26.8 Å². The molecule has 4 heteroatoms. The quantitative estimate of drug-likeness (QED) is 0.773. The Morgan fingerprint density at radius 1 is 1.53 bits per heavy atom. The van der Waals surface area contributed by atoms with Gasteiger partial charge in [0.05, 0.1) is 6.20 Å². The zero-order valence-corrected chi connectivity index (χ0v) is 10.3. The maximum absolute atomic E-state index is 5.99. The molecular formula is C11H18ClN3. The summed E-state index contributed by atoms with van der Waals surface area (Å²) < 4.78 is 2.00. The first-order valence-corrected chi connectivity index (χ1v) is 5.88. The molecular weight excluding hydrogens is 210 g/mol. The fourth-order valence-corrected chi connectivity index (χ4v) is 2.38. The minimum Gasteiger partial charge on any atom is -0.322 e. The number of hydrogen-bond acceptors (Lipinski definition) is 2. The van der Waals surface area contributed by atoms with Gasteiger partial charge in [-0.15, -0.1) is 0 Å². The molecule has 0 N–H and O–H groups in total. The Balaban J connectivity index is 2.11. The number of rotatable bonds is 2. The first-order chi connectivity index (χ1) is 7.09. The van der Waals surface area contributed by atoms with Crippen LogP contribution in [0.25, 0.3) is 0 Å². The monoisotopic (exact) mass is 227 g/mol. The van der Waals surface area contributed by atoms with Gasteiger partial charge in [0.25, 0.3) is 0 Å². The normalized spacial score (nSPS) is 22.9. The smallest absolute Gasteiger partial charge is 0.128 e. The Bertz CT molecular complexity index is 346. The maximum Gasteiger partial charge on any atom is 0.128 e. The number of aromatic nitrogens is 2. The van der Waals surface area contributed by atoms with E-state index < -0.39 is 0 Å². The van der Waals surface area contributed by atoms with Gasteiger partial charge in [0, 0.05) is 25.6 Å². The third-order valence-electron chi connectivity index (χ3n) is 3.28. The van der Waals surface area contributed by atoms with Crippen molar-refractivity contribution in [1.29, 1.82) is 0 Å². The summed E-state index contributed by atoms with van der Waals surface area (Å²) in [5.41, 5.74) is 0. The van der Waals surface area contributed by atoms with Crippen LogP contribution in [-0.2, 0) is 7.05 Å². The third-order valence-corrected chi connectivity index (χ3v) is 3.63. The Hall–Kier alpha value is -0.540. The van der Waals surface area contributed by atoms with Crippen molar-refractivity contribution in [2.24, 2.45) is 7.05 Å². The molecule has 1 aliphatic heterocycles. The number of halogens is 1. The molecule has 0 amide bonds. The van der Waals surface area contributed by atoms with E-state index in [9.17, 15) is 0 Å². The molecule has 0 radical (unpaired) electrons. The van der Waals surface area contributed by atoms with E-state index in [1.165, 1.54) is 13.0 Å². The molecule has 1 atom stereocenters. The van der Waals surface area contributed by atoms with Crippen LogP contribution in [0.2, 0.25) is 5.15 Å². The summed E-state index contributed by atoms with van der Waals surface area (Å²) >= 11 is 5.99. The van der Waals surface area contributed by atoms with E-state index >= 15 is 0 Å². The van der Waals surface area contributed by atoms with Crippen molar-refractivity contribution in [2.75, 3.05) is 13.1 Å². The Kier molecular flexibility index (Phi) is 3.03. The Labute approximate surface area is 96.0 Å². The number of likely N-dealkylation sites (tertiary alicyclic amines) is 1. The van der Waals surface area contributed by atoms with Crippen LogP contribution in [0.3, 0.4) is 0 Å². The summed E-state index contributed by atoms with van der Waals surface area (Å²) in [5, 5.41) is 0.730. The molecule has 1 saturated heterocycles. The maximum atomic E-state index is 5.99. The minimum absolute atomic E-state index is 0.546. The van der Waals surface area contributed by atoms with E-state index in [0.29, 0.717) is 12.0 Å². The van der Waals surface area contributed by atoms with Gasteiger partial charge in [-0.1, -0.05) is 11.6 Å². The highest BCUT2D eigenvalue weighted by Crippen LogP contribution is 2.28. The molecule has 0 spiro atoms. The Morgan fingerprint density at radius 2 is 2.27 bits per heavy atom. The molecule has 1 aliphatic rings. The fraction of sp³-hybridized carbons (Fsp3) is 0.727. The van der Waals surface area contributed by atoms with E-state index in [1.807, 2.05) is 11.6 Å². The lowest BCUT2D eigenvalue weighted by molar-refractivity contribution is 0.271. The number of nitrogens with zero attached hydrogens (tertiary/aromatic N) is 3. The van der Waals surface area contributed by atoms with E-state index in [0.717, 1.165) is 17.5 Å². The molecule has 84 valence electrons. The lowest BCUT2D eigenvalue weighted by Gasteiger charge is -2.20. The van der Waals surface area contributed by atoms with Crippen LogP contribution in [-0.4, -0.2) is 33.6 Å². The lowest BCUT2D eigenvalue weighted by atomic mass is 10.1. The average molecular weight is 228 g/mol. The first-order valence-electron chi connectivity index (χ1n) is 5.50. The van der Waals surface area contributed by atoms with Gasteiger partial charge in [-0.3, -0.25) is 0 Å². The van der Waals surface area contributed by atoms with Crippen molar-refractivity contribution in [3.05, 3.63) is 17.2 Å². The largest absolute Gasteiger partial charge is 0.322 e. The molecule has 0 aliphatic carbocycles. The molecule has 2 heterocycles. The second-order valence-corrected chi connectivity index (χ2v) is 4.96. The Morgan fingerprint density at radius 3 is 2.73 bits per heavy atom. The summed E-state index contributed by atoms with van der Waals surface area (Å²) in [4.78, 5) is 6.89. The van der Waals surface area contributed by atoms with Gasteiger partial charge in [0.15, 0.2) is 0 Å². The molecule has 1 aromatic heterocycles. The number of imidazole rings is 1. The van der Waals surface area contributed by atoms with Gasteiger partial charge < -0.3 is 9.47 Å². The molecule has 15 heavy (non-hydrogen) atoms. The summed E-state index contributed by atoms with van der Waals surface area (Å²) in [6.45, 7) is 6.77. The van der Waals surface area contributed by atoms with Gasteiger partial charge in [-0.2, -0.15) is 0 Å². The molecule has 1 unspecified atom stereocenters. The van der Waals surface area contributed by atoms with Gasteiger partial charge in [-0.25, -0.2) is 4.98 Å². The summed E-state index contributed by atoms with van der Waals surface area (Å²) in [6, 6.07) is 0.630. The second-order valence-electron chi connectivity index (χ2n) is 4.57. The molecule has 1 aromatic rings. The topological polar surface area (TPSA) is 21.1 Å². The summed E-state index contributed by atoms with van der Waals surface area (Å²) in [6.07, 6.45) is 2.94. The fourth-order valence-electron chi connectivity index (χ4n) is 2.25. The van der Waals surface area contributed by atoms with E-state index in [-0.39, 0.29) is 0 Å². The van der Waals surface area contributed by atoms with Gasteiger partial charge in [0.2, 0.25) is 0 Å². The molecule has 3 nitrogen and oxygen atoms in total. The van der Waals surface area contributed by atoms with Crippen molar-refractivity contribution in [3.63, 3.8) is 0 Å².